The number of benzene rings is 1. The molecule has 1 unspecified atom stereocenters. The molecule has 0 fully saturated rings. The predicted octanol–water partition coefficient (Wildman–Crippen LogP) is 2.42. The molecule has 0 aliphatic rings. The van der Waals surface area contributed by atoms with Crippen LogP contribution in [0.5, 0.6) is 0 Å². The first-order valence-corrected chi connectivity index (χ1v) is 5.77. The lowest BCUT2D eigenvalue weighted by Crippen LogP contribution is -2.24. The lowest BCUT2D eigenvalue weighted by atomic mass is 10.1. The molecule has 1 aromatic carbocycles. The largest absolute Gasteiger partial charge is 0.456 e. The summed E-state index contributed by atoms with van der Waals surface area (Å²) in [5.41, 5.74) is 1.07. The van der Waals surface area contributed by atoms with Crippen LogP contribution in [0.25, 0.3) is 0 Å². The van der Waals surface area contributed by atoms with Gasteiger partial charge in [0.1, 0.15) is 11.8 Å². The number of carbonyl (C=O) groups excluding carboxylic acids is 1. The normalized spacial score (nSPS) is 13.3. The van der Waals surface area contributed by atoms with Gasteiger partial charge < -0.3 is 9.94 Å². The van der Waals surface area contributed by atoms with Gasteiger partial charge in [0, 0.05) is 16.1 Å². The van der Waals surface area contributed by atoms with Crippen molar-refractivity contribution in [2.75, 3.05) is 0 Å². The van der Waals surface area contributed by atoms with Gasteiger partial charge in [-0.1, -0.05) is 17.3 Å². The minimum atomic E-state index is -0.567. The Bertz CT molecular complexity index is 400. The average molecular weight is 333 g/mol. The van der Waals surface area contributed by atoms with Gasteiger partial charge in [-0.15, -0.1) is 0 Å². The number of hydrogen-bond donors (Lipinski definition) is 1. The maximum absolute atomic E-state index is 10.8. The van der Waals surface area contributed by atoms with Gasteiger partial charge in [-0.2, -0.15) is 0 Å². The average Bonchev–Trinajstić information content (AvgIpc) is 2.21. The van der Waals surface area contributed by atoms with E-state index in [1.807, 2.05) is 24.3 Å². The summed E-state index contributed by atoms with van der Waals surface area (Å²) in [6, 6.07) is 7.41. The van der Waals surface area contributed by atoms with E-state index < -0.39 is 12.1 Å². The van der Waals surface area contributed by atoms with Crippen molar-refractivity contribution < 1.29 is 14.7 Å². The van der Waals surface area contributed by atoms with Gasteiger partial charge in [0.25, 0.3) is 0 Å². The number of ether oxygens (including phenoxy) is 1. The van der Waals surface area contributed by atoms with E-state index in [9.17, 15) is 4.79 Å². The van der Waals surface area contributed by atoms with E-state index in [1.165, 1.54) is 6.92 Å². The van der Waals surface area contributed by atoms with Crippen LogP contribution < -0.4 is 0 Å². The van der Waals surface area contributed by atoms with Gasteiger partial charge in [-0.25, -0.2) is 0 Å². The van der Waals surface area contributed by atoms with E-state index in [-0.39, 0.29) is 0 Å². The lowest BCUT2D eigenvalue weighted by Gasteiger charge is -2.13. The van der Waals surface area contributed by atoms with Crippen molar-refractivity contribution >= 4 is 34.3 Å². The van der Waals surface area contributed by atoms with Crippen LogP contribution in [0.15, 0.2) is 29.4 Å². The molecule has 0 heterocycles. The van der Waals surface area contributed by atoms with Crippen molar-refractivity contribution in [3.05, 3.63) is 33.4 Å². The van der Waals surface area contributed by atoms with E-state index in [0.717, 1.165) is 9.13 Å². The van der Waals surface area contributed by atoms with Crippen molar-refractivity contribution in [2.45, 2.75) is 20.0 Å². The lowest BCUT2D eigenvalue weighted by molar-refractivity contribution is -0.142. The van der Waals surface area contributed by atoms with E-state index in [0.29, 0.717) is 5.71 Å². The topological polar surface area (TPSA) is 58.9 Å². The zero-order valence-corrected chi connectivity index (χ0v) is 11.1. The number of halogens is 1. The molecule has 16 heavy (non-hydrogen) atoms. The van der Waals surface area contributed by atoms with Crippen LogP contribution in [0.1, 0.15) is 19.4 Å². The number of hydrogen-bond acceptors (Lipinski definition) is 4. The van der Waals surface area contributed by atoms with Crippen LogP contribution in [0.4, 0.5) is 0 Å². The Kier molecular flexibility index (Phi) is 4.72. The fourth-order valence-electron chi connectivity index (χ4n) is 1.30. The first-order valence-electron chi connectivity index (χ1n) is 4.69. The summed E-state index contributed by atoms with van der Waals surface area (Å²) in [6.45, 7) is 2.98. The number of esters is 1. The Morgan fingerprint density at radius 1 is 1.44 bits per heavy atom. The first kappa shape index (κ1) is 13.0. The highest BCUT2D eigenvalue weighted by Gasteiger charge is 2.16. The van der Waals surface area contributed by atoms with Crippen LogP contribution in [0.3, 0.4) is 0 Å². The molecule has 86 valence electrons. The molecule has 0 aliphatic carbocycles. The number of carbonyl (C=O) groups is 1. The molecule has 1 atom stereocenters. The van der Waals surface area contributed by atoms with Gasteiger partial charge in [0.15, 0.2) is 0 Å². The molecule has 1 N–H and O–H groups in total. The fraction of sp³-hybridized carbons (Fsp3) is 0.273. The molecule has 0 bridgehead atoms. The molecule has 0 aromatic heterocycles. The standard InChI is InChI=1S/C11H12INO3/c1-7(16-8(2)14)11(13-15)9-3-5-10(12)6-4-9/h3-7,15H,1-2H3. The van der Waals surface area contributed by atoms with Crippen LogP contribution in [0.2, 0.25) is 0 Å². The zero-order chi connectivity index (χ0) is 12.1. The second-order valence-electron chi connectivity index (χ2n) is 3.24. The minimum Gasteiger partial charge on any atom is -0.456 e. The third-order valence-electron chi connectivity index (χ3n) is 1.98. The first-order chi connectivity index (χ1) is 7.54. The second kappa shape index (κ2) is 5.83. The molecule has 0 amide bonds. The Morgan fingerprint density at radius 3 is 2.44 bits per heavy atom. The molecule has 0 radical (unpaired) electrons. The highest BCUT2D eigenvalue weighted by Crippen LogP contribution is 2.11. The Morgan fingerprint density at radius 2 is 2.00 bits per heavy atom. The summed E-state index contributed by atoms with van der Waals surface area (Å²) in [6.07, 6.45) is -0.567. The van der Waals surface area contributed by atoms with Crippen molar-refractivity contribution in [2.24, 2.45) is 5.16 Å². The molecule has 0 saturated carbocycles. The van der Waals surface area contributed by atoms with E-state index in [2.05, 4.69) is 27.7 Å². The molecule has 0 saturated heterocycles. The maximum Gasteiger partial charge on any atom is 0.303 e. The van der Waals surface area contributed by atoms with Crippen molar-refractivity contribution in [1.82, 2.24) is 0 Å². The Balaban J connectivity index is 2.91. The van der Waals surface area contributed by atoms with E-state index in [1.54, 1.807) is 6.92 Å². The SMILES string of the molecule is CC(=O)OC(C)C(=NO)c1ccc(I)cc1. The van der Waals surface area contributed by atoms with E-state index in [4.69, 9.17) is 9.94 Å². The van der Waals surface area contributed by atoms with Crippen molar-refractivity contribution in [3.63, 3.8) is 0 Å². The van der Waals surface area contributed by atoms with Crippen LogP contribution in [-0.2, 0) is 9.53 Å². The van der Waals surface area contributed by atoms with Crippen molar-refractivity contribution in [1.29, 1.82) is 0 Å². The predicted molar refractivity (Wildman–Crippen MR) is 68.7 cm³/mol. The zero-order valence-electron chi connectivity index (χ0n) is 8.98. The second-order valence-corrected chi connectivity index (χ2v) is 4.49. The molecule has 4 nitrogen and oxygen atoms in total. The molecule has 0 spiro atoms. The maximum atomic E-state index is 10.8. The van der Waals surface area contributed by atoms with Gasteiger partial charge in [-0.3, -0.25) is 4.79 Å². The highest BCUT2D eigenvalue weighted by molar-refractivity contribution is 14.1. The Hall–Kier alpha value is -1.11. The fourth-order valence-corrected chi connectivity index (χ4v) is 1.66. The smallest absolute Gasteiger partial charge is 0.303 e. The van der Waals surface area contributed by atoms with Crippen molar-refractivity contribution in [3.8, 4) is 0 Å². The third-order valence-corrected chi connectivity index (χ3v) is 2.69. The Labute approximate surface area is 107 Å². The van der Waals surface area contributed by atoms with Gasteiger partial charge in [0.2, 0.25) is 0 Å². The molecular formula is C11H12INO3. The summed E-state index contributed by atoms with van der Waals surface area (Å²) < 4.78 is 6.04. The van der Waals surface area contributed by atoms with Crippen LogP contribution in [-0.4, -0.2) is 23.0 Å². The summed E-state index contributed by atoms with van der Waals surface area (Å²) in [4.78, 5) is 10.8. The molecular weight excluding hydrogens is 321 g/mol. The quantitative estimate of drug-likeness (QED) is 0.304. The minimum absolute atomic E-state index is 0.339. The number of nitrogens with zero attached hydrogens (tertiary/aromatic N) is 1. The summed E-state index contributed by atoms with van der Waals surface area (Å²) in [7, 11) is 0. The van der Waals surface area contributed by atoms with Crippen LogP contribution >= 0.6 is 22.6 Å². The number of rotatable bonds is 3. The monoisotopic (exact) mass is 333 g/mol. The van der Waals surface area contributed by atoms with Gasteiger partial charge in [-0.05, 0) is 41.6 Å². The van der Waals surface area contributed by atoms with E-state index >= 15 is 0 Å². The molecule has 1 rings (SSSR count). The third kappa shape index (κ3) is 3.48. The molecule has 0 aliphatic heterocycles. The molecule has 1 aromatic rings. The van der Waals surface area contributed by atoms with Gasteiger partial charge in [0.05, 0.1) is 0 Å². The summed E-state index contributed by atoms with van der Waals surface area (Å²) >= 11 is 2.18. The highest BCUT2D eigenvalue weighted by atomic mass is 127. The van der Waals surface area contributed by atoms with Crippen LogP contribution in [0, 0.1) is 3.57 Å². The number of oxime groups is 1. The summed E-state index contributed by atoms with van der Waals surface area (Å²) in [5.74, 6) is -0.404. The summed E-state index contributed by atoms with van der Waals surface area (Å²) in [5, 5.41) is 12.1. The van der Waals surface area contributed by atoms with Gasteiger partial charge >= 0.3 is 5.97 Å². The molecule has 5 heteroatoms.